The van der Waals surface area contributed by atoms with Gasteiger partial charge in [-0.25, -0.2) is 4.79 Å². The van der Waals surface area contributed by atoms with Crippen LogP contribution in [0.5, 0.6) is 0 Å². The number of halogens is 3. The fraction of sp³-hybridized carbons (Fsp3) is 0.529. The summed E-state index contributed by atoms with van der Waals surface area (Å²) >= 11 is 0. The minimum atomic E-state index is -4.38. The smallest absolute Gasteiger partial charge is 0.392 e. The Hall–Kier alpha value is -2.05. The van der Waals surface area contributed by atoms with Crippen LogP contribution in [0.1, 0.15) is 41.6 Å². The molecule has 1 aromatic carbocycles. The van der Waals surface area contributed by atoms with Crippen LogP contribution in [0.15, 0.2) is 18.2 Å². The minimum Gasteiger partial charge on any atom is -0.478 e. The number of alkyl halides is 3. The highest BCUT2D eigenvalue weighted by atomic mass is 19.4. The van der Waals surface area contributed by atoms with E-state index in [1.54, 1.807) is 6.07 Å². The molecule has 1 heterocycles. The van der Waals surface area contributed by atoms with Crippen molar-refractivity contribution in [1.82, 2.24) is 0 Å². The molecule has 2 atom stereocenters. The van der Waals surface area contributed by atoms with Gasteiger partial charge < -0.3 is 10.0 Å². The van der Waals surface area contributed by atoms with Gasteiger partial charge in [-0.3, -0.25) is 4.79 Å². The molecule has 1 N–H and O–H groups in total. The predicted octanol–water partition coefficient (Wildman–Crippen LogP) is 3.64. The molecule has 0 spiro atoms. The first kappa shape index (κ1) is 16.8. The van der Waals surface area contributed by atoms with Crippen LogP contribution in [0.2, 0.25) is 0 Å². The largest absolute Gasteiger partial charge is 0.478 e. The Labute approximate surface area is 137 Å². The molecule has 0 aromatic heterocycles. The third-order valence-electron chi connectivity index (χ3n) is 5.00. The number of fused-ring (bicyclic) bond motifs is 1. The van der Waals surface area contributed by atoms with Gasteiger partial charge in [-0.1, -0.05) is 18.9 Å². The predicted molar refractivity (Wildman–Crippen MR) is 81.0 cm³/mol. The third-order valence-corrected chi connectivity index (χ3v) is 5.00. The van der Waals surface area contributed by atoms with Gasteiger partial charge >= 0.3 is 12.1 Å². The van der Waals surface area contributed by atoms with E-state index in [2.05, 4.69) is 0 Å². The van der Waals surface area contributed by atoms with Crippen molar-refractivity contribution in [3.63, 3.8) is 0 Å². The number of carboxylic acids is 1. The van der Waals surface area contributed by atoms with Gasteiger partial charge in [0.05, 0.1) is 11.5 Å². The van der Waals surface area contributed by atoms with Crippen LogP contribution in [-0.2, 0) is 11.2 Å². The highest BCUT2D eigenvalue weighted by Crippen LogP contribution is 2.43. The molecule has 1 saturated carbocycles. The molecule has 0 saturated heterocycles. The molecule has 1 aliphatic heterocycles. The van der Waals surface area contributed by atoms with Gasteiger partial charge in [0.15, 0.2) is 0 Å². The summed E-state index contributed by atoms with van der Waals surface area (Å²) in [6, 6.07) is 4.47. The van der Waals surface area contributed by atoms with Crippen LogP contribution in [0.25, 0.3) is 0 Å². The summed E-state index contributed by atoms with van der Waals surface area (Å²) in [5.74, 6) is -4.33. The summed E-state index contributed by atoms with van der Waals surface area (Å²) in [4.78, 5) is 25.2. The molecule has 0 radical (unpaired) electrons. The summed E-state index contributed by atoms with van der Waals surface area (Å²) in [5, 5.41) is 9.09. The van der Waals surface area contributed by atoms with E-state index in [0.29, 0.717) is 31.5 Å². The molecule has 1 amide bonds. The number of rotatable bonds is 2. The topological polar surface area (TPSA) is 57.6 Å². The van der Waals surface area contributed by atoms with Gasteiger partial charge in [-0.05, 0) is 37.0 Å². The number of benzene rings is 1. The van der Waals surface area contributed by atoms with Crippen LogP contribution in [-0.4, -0.2) is 29.7 Å². The summed E-state index contributed by atoms with van der Waals surface area (Å²) in [6.07, 6.45) is -2.55. The fourth-order valence-electron chi connectivity index (χ4n) is 3.76. The third kappa shape index (κ3) is 2.99. The second-order valence-electron chi connectivity index (χ2n) is 6.43. The first-order valence-electron chi connectivity index (χ1n) is 8.03. The summed E-state index contributed by atoms with van der Waals surface area (Å²) in [5.41, 5.74) is 1.27. The monoisotopic (exact) mass is 341 g/mol. The van der Waals surface area contributed by atoms with E-state index >= 15 is 0 Å². The summed E-state index contributed by atoms with van der Waals surface area (Å²) < 4.78 is 39.8. The quantitative estimate of drug-likeness (QED) is 0.893. The Kier molecular flexibility index (Phi) is 4.27. The van der Waals surface area contributed by atoms with Gasteiger partial charge in [-0.15, -0.1) is 0 Å². The van der Waals surface area contributed by atoms with Crippen LogP contribution >= 0.6 is 0 Å². The van der Waals surface area contributed by atoms with E-state index in [4.69, 9.17) is 5.11 Å². The Balaban J connectivity index is 1.89. The average Bonchev–Trinajstić information content (AvgIpc) is 2.96. The molecule has 1 fully saturated rings. The van der Waals surface area contributed by atoms with Crippen LogP contribution in [0.4, 0.5) is 18.9 Å². The van der Waals surface area contributed by atoms with Crippen LogP contribution in [0, 0.1) is 11.8 Å². The molecular weight excluding hydrogens is 323 g/mol. The Morgan fingerprint density at radius 3 is 2.54 bits per heavy atom. The van der Waals surface area contributed by atoms with Crippen molar-refractivity contribution in [3.8, 4) is 0 Å². The highest BCUT2D eigenvalue weighted by molar-refractivity contribution is 5.99. The molecule has 4 nitrogen and oxygen atoms in total. The maximum absolute atomic E-state index is 13.3. The number of hydrogen-bond donors (Lipinski definition) is 1. The van der Waals surface area contributed by atoms with Crippen molar-refractivity contribution < 1.29 is 27.9 Å². The first-order chi connectivity index (χ1) is 11.3. The average molecular weight is 341 g/mol. The highest BCUT2D eigenvalue weighted by Gasteiger charge is 2.49. The van der Waals surface area contributed by atoms with E-state index < -0.39 is 29.9 Å². The van der Waals surface area contributed by atoms with Crippen molar-refractivity contribution in [2.24, 2.45) is 11.8 Å². The van der Waals surface area contributed by atoms with Gasteiger partial charge in [0.25, 0.3) is 0 Å². The zero-order chi connectivity index (χ0) is 17.5. The van der Waals surface area contributed by atoms with Crippen molar-refractivity contribution in [1.29, 1.82) is 0 Å². The normalized spacial score (nSPS) is 23.9. The van der Waals surface area contributed by atoms with E-state index in [-0.39, 0.29) is 18.4 Å². The van der Waals surface area contributed by atoms with Crippen molar-refractivity contribution in [2.45, 2.75) is 38.3 Å². The lowest BCUT2D eigenvalue weighted by atomic mass is 9.78. The number of aromatic carboxylic acids is 1. The van der Waals surface area contributed by atoms with Crippen LogP contribution < -0.4 is 4.90 Å². The molecule has 2 aliphatic rings. The molecule has 3 rings (SSSR count). The number of amides is 1. The number of nitrogens with zero attached hydrogens (tertiary/aromatic N) is 1. The zero-order valence-electron chi connectivity index (χ0n) is 13.0. The number of carboxylic acid groups (broad SMARTS) is 1. The standard InChI is InChI=1S/C17H18F3NO3/c18-17(19,20)13-4-2-1-3-12(13)15(22)21-8-7-10-5-6-11(16(23)24)9-14(10)21/h5-6,9,12-13H,1-4,7-8H2,(H,23,24)/t12-,13-/m1/s1. The van der Waals surface area contributed by atoms with E-state index in [1.807, 2.05) is 0 Å². The Bertz CT molecular complexity index is 672. The van der Waals surface area contributed by atoms with E-state index in [1.165, 1.54) is 17.0 Å². The fourth-order valence-corrected chi connectivity index (χ4v) is 3.76. The zero-order valence-corrected chi connectivity index (χ0v) is 13.0. The maximum Gasteiger partial charge on any atom is 0.392 e. The summed E-state index contributed by atoms with van der Waals surface area (Å²) in [7, 11) is 0. The van der Waals surface area contributed by atoms with Gasteiger partial charge in [-0.2, -0.15) is 13.2 Å². The van der Waals surface area contributed by atoms with Gasteiger partial charge in [0.1, 0.15) is 0 Å². The molecule has 1 aliphatic carbocycles. The molecule has 0 bridgehead atoms. The number of anilines is 1. The van der Waals surface area contributed by atoms with Crippen molar-refractivity contribution in [3.05, 3.63) is 29.3 Å². The van der Waals surface area contributed by atoms with Gasteiger partial charge in [0.2, 0.25) is 5.91 Å². The van der Waals surface area contributed by atoms with Crippen molar-refractivity contribution >= 4 is 17.6 Å². The van der Waals surface area contributed by atoms with Crippen molar-refractivity contribution in [2.75, 3.05) is 11.4 Å². The molecular formula is C17H18F3NO3. The number of hydrogen-bond acceptors (Lipinski definition) is 2. The SMILES string of the molecule is O=C(O)c1ccc2c(c1)N(C(=O)[C@@H]1CCCC[C@H]1C(F)(F)F)CC2. The Morgan fingerprint density at radius 2 is 1.88 bits per heavy atom. The van der Waals surface area contributed by atoms with E-state index in [0.717, 1.165) is 5.56 Å². The lowest BCUT2D eigenvalue weighted by Crippen LogP contribution is -2.44. The van der Waals surface area contributed by atoms with Crippen LogP contribution in [0.3, 0.4) is 0 Å². The second-order valence-corrected chi connectivity index (χ2v) is 6.43. The lowest BCUT2D eigenvalue weighted by molar-refractivity contribution is -0.197. The maximum atomic E-state index is 13.3. The minimum absolute atomic E-state index is 0.0181. The van der Waals surface area contributed by atoms with Gasteiger partial charge in [0, 0.05) is 18.2 Å². The number of carbonyl (C=O) groups is 2. The molecule has 7 heteroatoms. The second kappa shape index (κ2) is 6.11. The molecule has 0 unspecified atom stereocenters. The first-order valence-corrected chi connectivity index (χ1v) is 8.03. The van der Waals surface area contributed by atoms with E-state index in [9.17, 15) is 22.8 Å². The summed E-state index contributed by atoms with van der Waals surface area (Å²) in [6.45, 7) is 0.304. The lowest BCUT2D eigenvalue weighted by Gasteiger charge is -2.34. The molecule has 1 aromatic rings. The number of carbonyl (C=O) groups excluding carboxylic acids is 1. The molecule has 24 heavy (non-hydrogen) atoms. The molecule has 130 valence electrons. The Morgan fingerprint density at radius 1 is 1.17 bits per heavy atom.